The van der Waals surface area contributed by atoms with E-state index in [2.05, 4.69) is 51.3 Å². The van der Waals surface area contributed by atoms with Gasteiger partial charge in [-0.05, 0) is 30.4 Å². The van der Waals surface area contributed by atoms with Crippen molar-refractivity contribution in [3.8, 4) is 0 Å². The van der Waals surface area contributed by atoms with E-state index in [0.29, 0.717) is 11.8 Å². The highest BCUT2D eigenvalue weighted by molar-refractivity contribution is 5.81. The summed E-state index contributed by atoms with van der Waals surface area (Å²) in [5, 5.41) is 1.14. The van der Waals surface area contributed by atoms with Gasteiger partial charge >= 0.3 is 0 Å². The molecule has 0 radical (unpaired) electrons. The minimum Gasteiger partial charge on any atom is -0.459 e. The fraction of sp³-hybridized carbons (Fsp3) is 0.467. The van der Waals surface area contributed by atoms with Gasteiger partial charge in [-0.1, -0.05) is 39.0 Å². The topological polar surface area (TPSA) is 51.2 Å². The third-order valence-corrected chi connectivity index (χ3v) is 3.82. The molecule has 1 aromatic heterocycles. The summed E-state index contributed by atoms with van der Waals surface area (Å²) in [4.78, 5) is 0. The Bertz CT molecular complexity index is 530. The Kier molecular flexibility index (Phi) is 3.73. The van der Waals surface area contributed by atoms with E-state index in [0.717, 1.165) is 22.3 Å². The second-order valence-corrected chi connectivity index (χ2v) is 5.39. The average molecular weight is 246 g/mol. The van der Waals surface area contributed by atoms with E-state index in [9.17, 15) is 0 Å². The van der Waals surface area contributed by atoms with E-state index in [4.69, 9.17) is 10.3 Å². The third kappa shape index (κ3) is 2.28. The molecule has 1 aromatic carbocycles. The average Bonchev–Trinajstić information content (AvgIpc) is 2.75. The largest absolute Gasteiger partial charge is 0.459 e. The molecule has 0 aliphatic carbocycles. The summed E-state index contributed by atoms with van der Waals surface area (Å²) in [5.41, 5.74) is 5.01. The van der Waals surface area contributed by atoms with Gasteiger partial charge in [-0.2, -0.15) is 0 Å². The maximum Gasteiger partial charge on any atom is 0.137 e. The van der Waals surface area contributed by atoms with Crippen molar-refractivity contribution in [1.29, 1.82) is 0 Å². The lowest BCUT2D eigenvalue weighted by Crippen LogP contribution is -2.34. The number of nitrogens with two attached hydrogens (primary N) is 1. The normalized spacial score (nSPS) is 15.2. The van der Waals surface area contributed by atoms with Crippen molar-refractivity contribution >= 4 is 11.0 Å². The molecule has 0 bridgehead atoms. The molecule has 0 amide bonds. The van der Waals surface area contributed by atoms with Gasteiger partial charge in [0.1, 0.15) is 11.3 Å². The standard InChI is InChI=1S/C15H22N2O/c1-9(2)11(4)14(17-16)13-8-12-7-5-6-10(3)15(12)18-13/h5-9,11,14,17H,16H2,1-4H3. The summed E-state index contributed by atoms with van der Waals surface area (Å²) in [6, 6.07) is 8.33. The van der Waals surface area contributed by atoms with E-state index in [1.807, 2.05) is 6.07 Å². The molecular formula is C15H22N2O. The zero-order valence-electron chi connectivity index (χ0n) is 11.5. The van der Waals surface area contributed by atoms with Crippen LogP contribution in [0.4, 0.5) is 0 Å². The first kappa shape index (κ1) is 13.1. The second-order valence-electron chi connectivity index (χ2n) is 5.39. The van der Waals surface area contributed by atoms with Crippen molar-refractivity contribution in [2.75, 3.05) is 0 Å². The highest BCUT2D eigenvalue weighted by atomic mass is 16.3. The molecule has 0 saturated carbocycles. The minimum absolute atomic E-state index is 0.0526. The number of hydrazine groups is 1. The third-order valence-electron chi connectivity index (χ3n) is 3.82. The Morgan fingerprint density at radius 1 is 1.22 bits per heavy atom. The zero-order chi connectivity index (χ0) is 13.3. The van der Waals surface area contributed by atoms with Crippen LogP contribution in [0.3, 0.4) is 0 Å². The van der Waals surface area contributed by atoms with Crippen molar-refractivity contribution in [2.24, 2.45) is 17.7 Å². The molecule has 0 spiro atoms. The van der Waals surface area contributed by atoms with E-state index in [1.165, 1.54) is 0 Å². The fourth-order valence-corrected chi connectivity index (χ4v) is 2.26. The van der Waals surface area contributed by atoms with E-state index in [1.54, 1.807) is 0 Å². The summed E-state index contributed by atoms with van der Waals surface area (Å²) in [5.74, 6) is 7.57. The van der Waals surface area contributed by atoms with Gasteiger partial charge in [0.25, 0.3) is 0 Å². The second kappa shape index (κ2) is 5.12. The molecule has 0 saturated heterocycles. The van der Waals surface area contributed by atoms with Crippen LogP contribution >= 0.6 is 0 Å². The van der Waals surface area contributed by atoms with Crippen molar-refractivity contribution < 1.29 is 4.42 Å². The van der Waals surface area contributed by atoms with Gasteiger partial charge in [-0.25, -0.2) is 5.43 Å². The molecule has 0 aliphatic heterocycles. The van der Waals surface area contributed by atoms with Crippen LogP contribution in [0.2, 0.25) is 0 Å². The number of fused-ring (bicyclic) bond motifs is 1. The molecule has 3 N–H and O–H groups in total. The lowest BCUT2D eigenvalue weighted by atomic mass is 9.89. The Hall–Kier alpha value is -1.32. The van der Waals surface area contributed by atoms with Gasteiger partial charge in [-0.15, -0.1) is 0 Å². The summed E-state index contributed by atoms with van der Waals surface area (Å²) < 4.78 is 5.98. The molecule has 18 heavy (non-hydrogen) atoms. The van der Waals surface area contributed by atoms with E-state index >= 15 is 0 Å². The number of rotatable bonds is 4. The highest BCUT2D eigenvalue weighted by Gasteiger charge is 2.24. The van der Waals surface area contributed by atoms with E-state index < -0.39 is 0 Å². The van der Waals surface area contributed by atoms with Crippen LogP contribution in [0.5, 0.6) is 0 Å². The first-order chi connectivity index (χ1) is 8.54. The van der Waals surface area contributed by atoms with Crippen LogP contribution < -0.4 is 11.3 Å². The number of aryl methyl sites for hydroxylation is 1. The maximum atomic E-state index is 5.98. The molecule has 3 heteroatoms. The Morgan fingerprint density at radius 3 is 2.50 bits per heavy atom. The highest BCUT2D eigenvalue weighted by Crippen LogP contribution is 2.32. The smallest absolute Gasteiger partial charge is 0.137 e. The summed E-state index contributed by atoms with van der Waals surface area (Å²) >= 11 is 0. The van der Waals surface area contributed by atoms with Crippen LogP contribution in [0.25, 0.3) is 11.0 Å². The van der Waals surface area contributed by atoms with Crippen LogP contribution in [-0.2, 0) is 0 Å². The van der Waals surface area contributed by atoms with Gasteiger partial charge < -0.3 is 4.42 Å². The van der Waals surface area contributed by atoms with Gasteiger partial charge in [0.15, 0.2) is 0 Å². The minimum atomic E-state index is 0.0526. The number of benzene rings is 1. The molecule has 2 atom stereocenters. The molecule has 2 unspecified atom stereocenters. The molecule has 0 fully saturated rings. The summed E-state index contributed by atoms with van der Waals surface area (Å²) in [6.07, 6.45) is 0. The van der Waals surface area contributed by atoms with Crippen molar-refractivity contribution in [2.45, 2.75) is 33.7 Å². The molecule has 0 aliphatic rings. The Labute approximate surface area is 108 Å². The summed E-state index contributed by atoms with van der Waals surface area (Å²) in [7, 11) is 0. The first-order valence-electron chi connectivity index (χ1n) is 6.49. The number of para-hydroxylation sites is 1. The first-order valence-corrected chi connectivity index (χ1v) is 6.49. The molecule has 2 aromatic rings. The Morgan fingerprint density at radius 2 is 1.94 bits per heavy atom. The number of nitrogens with one attached hydrogen (secondary N) is 1. The maximum absolute atomic E-state index is 5.98. The van der Waals surface area contributed by atoms with Crippen molar-refractivity contribution in [3.05, 3.63) is 35.6 Å². The fourth-order valence-electron chi connectivity index (χ4n) is 2.26. The van der Waals surface area contributed by atoms with Crippen molar-refractivity contribution in [3.63, 3.8) is 0 Å². The summed E-state index contributed by atoms with van der Waals surface area (Å²) in [6.45, 7) is 8.65. The van der Waals surface area contributed by atoms with Crippen LogP contribution in [0.1, 0.15) is 38.1 Å². The molecule has 3 nitrogen and oxygen atoms in total. The Balaban J connectivity index is 2.43. The quantitative estimate of drug-likeness (QED) is 0.641. The van der Waals surface area contributed by atoms with Gasteiger partial charge in [0.05, 0.1) is 6.04 Å². The van der Waals surface area contributed by atoms with Crippen molar-refractivity contribution in [1.82, 2.24) is 5.43 Å². The molecule has 98 valence electrons. The molecule has 1 heterocycles. The van der Waals surface area contributed by atoms with Crippen LogP contribution in [0, 0.1) is 18.8 Å². The SMILES string of the molecule is Cc1cccc2cc(C(NN)C(C)C(C)C)oc12. The monoisotopic (exact) mass is 246 g/mol. The van der Waals surface area contributed by atoms with E-state index in [-0.39, 0.29) is 6.04 Å². The van der Waals surface area contributed by atoms with Crippen LogP contribution in [0.15, 0.2) is 28.7 Å². The number of hydrogen-bond acceptors (Lipinski definition) is 3. The lowest BCUT2D eigenvalue weighted by Gasteiger charge is -2.24. The lowest BCUT2D eigenvalue weighted by molar-refractivity contribution is 0.274. The van der Waals surface area contributed by atoms with Gasteiger partial charge in [0, 0.05) is 5.39 Å². The predicted octanol–water partition coefficient (Wildman–Crippen LogP) is 3.54. The van der Waals surface area contributed by atoms with Gasteiger partial charge in [-0.3, -0.25) is 5.84 Å². The number of furan rings is 1. The predicted molar refractivity (Wildman–Crippen MR) is 75.0 cm³/mol. The molecular weight excluding hydrogens is 224 g/mol. The van der Waals surface area contributed by atoms with Crippen LogP contribution in [-0.4, -0.2) is 0 Å². The number of hydrogen-bond donors (Lipinski definition) is 2. The van der Waals surface area contributed by atoms with Gasteiger partial charge in [0.2, 0.25) is 0 Å². The molecule has 2 rings (SSSR count). The zero-order valence-corrected chi connectivity index (χ0v) is 11.5.